The molecule has 3 rings (SSSR count). The van der Waals surface area contributed by atoms with Crippen molar-refractivity contribution in [3.8, 4) is 0 Å². The summed E-state index contributed by atoms with van der Waals surface area (Å²) in [5.74, 6) is 0. The minimum absolute atomic E-state index is 0.701. The Kier molecular flexibility index (Phi) is 3.52. The number of pyridine rings is 2. The monoisotopic (exact) mass is 283 g/mol. The number of nitrogens with one attached hydrogen (secondary N) is 1. The highest BCUT2D eigenvalue weighted by molar-refractivity contribution is 6.31. The van der Waals surface area contributed by atoms with Gasteiger partial charge in [-0.2, -0.15) is 0 Å². The number of rotatable bonds is 3. The number of nitrogens with zero attached hydrogens (tertiary/aromatic N) is 2. The van der Waals surface area contributed by atoms with E-state index in [1.807, 2.05) is 42.7 Å². The average Bonchev–Trinajstić information content (AvgIpc) is 2.46. The van der Waals surface area contributed by atoms with Crippen LogP contribution in [0.3, 0.4) is 0 Å². The van der Waals surface area contributed by atoms with Crippen molar-refractivity contribution < 1.29 is 0 Å². The molecule has 0 amide bonds. The second-order valence-corrected chi connectivity index (χ2v) is 5.11. The van der Waals surface area contributed by atoms with E-state index < -0.39 is 0 Å². The van der Waals surface area contributed by atoms with Crippen LogP contribution in [-0.2, 0) is 6.54 Å². The summed E-state index contributed by atoms with van der Waals surface area (Å²) < 4.78 is 0. The molecular formula is C16H14ClN3. The van der Waals surface area contributed by atoms with E-state index in [2.05, 4.69) is 22.2 Å². The van der Waals surface area contributed by atoms with Crippen LogP contribution in [0.4, 0.5) is 5.69 Å². The average molecular weight is 284 g/mol. The molecule has 20 heavy (non-hydrogen) atoms. The highest BCUT2D eigenvalue weighted by Crippen LogP contribution is 2.24. The van der Waals surface area contributed by atoms with Crippen molar-refractivity contribution in [3.05, 3.63) is 65.1 Å². The third-order valence-electron chi connectivity index (χ3n) is 3.31. The topological polar surface area (TPSA) is 37.8 Å². The van der Waals surface area contributed by atoms with Crippen LogP contribution in [0.5, 0.6) is 0 Å². The maximum absolute atomic E-state index is 6.00. The summed E-state index contributed by atoms with van der Waals surface area (Å²) in [5.41, 5.74) is 4.37. The third kappa shape index (κ3) is 2.58. The van der Waals surface area contributed by atoms with Crippen LogP contribution in [-0.4, -0.2) is 9.97 Å². The number of hydrogen-bond acceptors (Lipinski definition) is 3. The fourth-order valence-corrected chi connectivity index (χ4v) is 2.33. The summed E-state index contributed by atoms with van der Waals surface area (Å²) >= 11 is 6.00. The summed E-state index contributed by atoms with van der Waals surface area (Å²) in [6.45, 7) is 2.82. The molecule has 0 bridgehead atoms. The molecule has 1 N–H and O–H groups in total. The second kappa shape index (κ2) is 5.47. The van der Waals surface area contributed by atoms with Crippen LogP contribution in [0.1, 0.15) is 11.1 Å². The predicted octanol–water partition coefficient (Wildman–Crippen LogP) is 4.20. The Morgan fingerprint density at radius 2 is 2.05 bits per heavy atom. The molecule has 3 nitrogen and oxygen atoms in total. The molecule has 0 spiro atoms. The predicted molar refractivity (Wildman–Crippen MR) is 83.1 cm³/mol. The van der Waals surface area contributed by atoms with Crippen molar-refractivity contribution in [2.45, 2.75) is 13.5 Å². The van der Waals surface area contributed by atoms with E-state index in [4.69, 9.17) is 11.6 Å². The van der Waals surface area contributed by atoms with Crippen LogP contribution < -0.4 is 5.32 Å². The first-order chi connectivity index (χ1) is 9.74. The summed E-state index contributed by atoms with van der Waals surface area (Å²) in [6, 6.07) is 9.76. The standard InChI is InChI=1S/C16H14ClN3/c1-11-9-18-6-4-12(11)10-20-15-5-7-19-16-8-13(17)2-3-14(15)16/h2-9H,10H2,1H3,(H,19,20). The largest absolute Gasteiger partial charge is 0.380 e. The Hall–Kier alpha value is -2.13. The fourth-order valence-electron chi connectivity index (χ4n) is 2.17. The molecule has 0 saturated heterocycles. The molecule has 0 aliphatic heterocycles. The van der Waals surface area contributed by atoms with Crippen molar-refractivity contribution in [2.24, 2.45) is 0 Å². The van der Waals surface area contributed by atoms with Crippen LogP contribution >= 0.6 is 11.6 Å². The number of benzene rings is 1. The second-order valence-electron chi connectivity index (χ2n) is 4.68. The number of anilines is 1. The molecule has 1 aromatic carbocycles. The highest BCUT2D eigenvalue weighted by atomic mass is 35.5. The molecule has 0 saturated carbocycles. The van der Waals surface area contributed by atoms with Gasteiger partial charge in [0, 0.05) is 41.2 Å². The molecule has 0 aliphatic rings. The lowest BCUT2D eigenvalue weighted by Gasteiger charge is -2.11. The fraction of sp³-hybridized carbons (Fsp3) is 0.125. The van der Waals surface area contributed by atoms with E-state index in [1.165, 1.54) is 11.1 Å². The van der Waals surface area contributed by atoms with E-state index in [9.17, 15) is 0 Å². The smallest absolute Gasteiger partial charge is 0.0737 e. The van der Waals surface area contributed by atoms with Gasteiger partial charge < -0.3 is 5.32 Å². The van der Waals surface area contributed by atoms with E-state index >= 15 is 0 Å². The van der Waals surface area contributed by atoms with E-state index in [-0.39, 0.29) is 0 Å². The van der Waals surface area contributed by atoms with E-state index in [1.54, 1.807) is 6.20 Å². The number of aryl methyl sites for hydroxylation is 1. The first kappa shape index (κ1) is 12.9. The lowest BCUT2D eigenvalue weighted by molar-refractivity contribution is 1.09. The molecule has 0 unspecified atom stereocenters. The lowest BCUT2D eigenvalue weighted by Crippen LogP contribution is -2.02. The maximum atomic E-state index is 6.00. The Bertz CT molecular complexity index is 756. The number of aromatic nitrogens is 2. The van der Waals surface area contributed by atoms with Gasteiger partial charge in [-0.3, -0.25) is 9.97 Å². The zero-order valence-corrected chi connectivity index (χ0v) is 11.9. The third-order valence-corrected chi connectivity index (χ3v) is 3.55. The zero-order valence-electron chi connectivity index (χ0n) is 11.1. The first-order valence-corrected chi connectivity index (χ1v) is 6.79. The normalized spacial score (nSPS) is 10.7. The molecule has 100 valence electrons. The maximum Gasteiger partial charge on any atom is 0.0737 e. The van der Waals surface area contributed by atoms with Crippen molar-refractivity contribution in [2.75, 3.05) is 5.32 Å². The molecule has 0 aliphatic carbocycles. The van der Waals surface area contributed by atoms with Gasteiger partial charge in [-0.1, -0.05) is 11.6 Å². The van der Waals surface area contributed by atoms with Crippen LogP contribution in [0.2, 0.25) is 5.02 Å². The van der Waals surface area contributed by atoms with Gasteiger partial charge in [0.05, 0.1) is 5.52 Å². The number of fused-ring (bicyclic) bond motifs is 1. The van der Waals surface area contributed by atoms with Gasteiger partial charge >= 0.3 is 0 Å². The Balaban J connectivity index is 1.90. The minimum Gasteiger partial charge on any atom is -0.380 e. The molecule has 2 heterocycles. The van der Waals surface area contributed by atoms with E-state index in [0.717, 1.165) is 23.1 Å². The number of halogens is 1. The molecule has 4 heteroatoms. The molecular weight excluding hydrogens is 270 g/mol. The van der Waals surface area contributed by atoms with Crippen LogP contribution in [0.25, 0.3) is 10.9 Å². The summed E-state index contributed by atoms with van der Waals surface area (Å²) in [4.78, 5) is 8.45. The molecule has 0 atom stereocenters. The Labute approximate surface area is 122 Å². The molecule has 0 fully saturated rings. The lowest BCUT2D eigenvalue weighted by atomic mass is 10.1. The number of hydrogen-bond donors (Lipinski definition) is 1. The molecule has 2 aromatic heterocycles. The summed E-state index contributed by atoms with van der Waals surface area (Å²) in [7, 11) is 0. The first-order valence-electron chi connectivity index (χ1n) is 6.42. The minimum atomic E-state index is 0.701. The van der Waals surface area contributed by atoms with Crippen molar-refractivity contribution in [1.82, 2.24) is 9.97 Å². The van der Waals surface area contributed by atoms with Gasteiger partial charge in [0.15, 0.2) is 0 Å². The van der Waals surface area contributed by atoms with Gasteiger partial charge in [0.1, 0.15) is 0 Å². The van der Waals surface area contributed by atoms with Gasteiger partial charge in [-0.05, 0) is 48.4 Å². The Morgan fingerprint density at radius 1 is 1.15 bits per heavy atom. The van der Waals surface area contributed by atoms with E-state index in [0.29, 0.717) is 5.02 Å². The van der Waals surface area contributed by atoms with Crippen molar-refractivity contribution in [1.29, 1.82) is 0 Å². The summed E-state index contributed by atoms with van der Waals surface area (Å²) in [5, 5.41) is 5.23. The molecule has 3 aromatic rings. The van der Waals surface area contributed by atoms with Gasteiger partial charge in [0.2, 0.25) is 0 Å². The van der Waals surface area contributed by atoms with Crippen molar-refractivity contribution in [3.63, 3.8) is 0 Å². The van der Waals surface area contributed by atoms with Gasteiger partial charge in [-0.15, -0.1) is 0 Å². The quantitative estimate of drug-likeness (QED) is 0.783. The van der Waals surface area contributed by atoms with Gasteiger partial charge in [0.25, 0.3) is 0 Å². The highest BCUT2D eigenvalue weighted by Gasteiger charge is 2.03. The Morgan fingerprint density at radius 3 is 2.90 bits per heavy atom. The molecule has 0 radical (unpaired) electrons. The van der Waals surface area contributed by atoms with Crippen LogP contribution in [0, 0.1) is 6.92 Å². The van der Waals surface area contributed by atoms with Gasteiger partial charge in [-0.25, -0.2) is 0 Å². The zero-order chi connectivity index (χ0) is 13.9. The van der Waals surface area contributed by atoms with Crippen LogP contribution in [0.15, 0.2) is 48.9 Å². The SMILES string of the molecule is Cc1cnccc1CNc1ccnc2cc(Cl)ccc12. The summed E-state index contributed by atoms with van der Waals surface area (Å²) in [6.07, 6.45) is 5.48. The van der Waals surface area contributed by atoms with Crippen molar-refractivity contribution >= 4 is 28.2 Å².